The number of Topliss-reactive ketones (excluding diaryl/α,β-unsaturated/α-hetero) is 2. The van der Waals surface area contributed by atoms with Crippen LogP contribution < -0.4 is 23.8 Å². The molecule has 1 saturated heterocycles. The highest BCUT2D eigenvalue weighted by Gasteiger charge is 2.48. The second-order valence-electron chi connectivity index (χ2n) is 9.84. The Balaban J connectivity index is 1.68. The van der Waals surface area contributed by atoms with Crippen molar-refractivity contribution in [1.82, 2.24) is 4.98 Å². The Morgan fingerprint density at radius 1 is 1.07 bits per heavy atom. The van der Waals surface area contributed by atoms with Gasteiger partial charge in [-0.1, -0.05) is 30.7 Å². The molecule has 1 atom stereocenters. The molecule has 42 heavy (non-hydrogen) atoms. The summed E-state index contributed by atoms with van der Waals surface area (Å²) in [6, 6.07) is 8.93. The summed E-state index contributed by atoms with van der Waals surface area (Å²) in [6.07, 6.45) is 1.83. The van der Waals surface area contributed by atoms with Gasteiger partial charge in [0.05, 0.1) is 35.4 Å². The number of aromatic nitrogens is 1. The number of fused-ring (bicyclic) bond motifs is 1. The molecule has 0 spiro atoms. The minimum atomic E-state index is -1.06. The first kappa shape index (κ1) is 29.1. The summed E-state index contributed by atoms with van der Waals surface area (Å²) >= 11 is 1.02. The maximum atomic E-state index is 13.6. The molecule has 5 rings (SSSR count). The number of rotatable bonds is 10. The van der Waals surface area contributed by atoms with Crippen LogP contribution in [-0.4, -0.2) is 54.0 Å². The molecule has 11 heteroatoms. The van der Waals surface area contributed by atoms with E-state index < -0.39 is 17.7 Å². The van der Waals surface area contributed by atoms with Crippen LogP contribution in [0.4, 0.5) is 5.13 Å². The van der Waals surface area contributed by atoms with Crippen LogP contribution in [0.3, 0.4) is 0 Å². The molecule has 1 fully saturated rings. The normalized spacial score (nSPS) is 17.4. The highest BCUT2D eigenvalue weighted by molar-refractivity contribution is 7.18. The summed E-state index contributed by atoms with van der Waals surface area (Å²) in [4.78, 5) is 45.6. The number of hydrogen-bond acceptors (Lipinski definition) is 10. The summed E-state index contributed by atoms with van der Waals surface area (Å²) in [5, 5.41) is 11.8. The first-order chi connectivity index (χ1) is 20.2. The number of ether oxygens (including phenoxy) is 4. The van der Waals surface area contributed by atoms with E-state index in [1.54, 1.807) is 43.3 Å². The lowest BCUT2D eigenvalue weighted by Crippen LogP contribution is -2.29. The minimum Gasteiger partial charge on any atom is -0.507 e. The van der Waals surface area contributed by atoms with E-state index in [2.05, 4.69) is 11.9 Å². The molecule has 2 aliphatic heterocycles. The molecular weight excluding hydrogens is 560 g/mol. The number of ketones is 2. The number of anilines is 1. The second-order valence-corrected chi connectivity index (χ2v) is 10.8. The van der Waals surface area contributed by atoms with Crippen LogP contribution in [0.1, 0.15) is 66.1 Å². The van der Waals surface area contributed by atoms with Gasteiger partial charge in [0.25, 0.3) is 5.78 Å². The molecule has 1 N–H and O–H groups in total. The number of benzene rings is 2. The van der Waals surface area contributed by atoms with Crippen LogP contribution in [-0.2, 0) is 9.59 Å². The zero-order chi connectivity index (χ0) is 30.0. The summed E-state index contributed by atoms with van der Waals surface area (Å²) < 4.78 is 23.1. The lowest BCUT2D eigenvalue weighted by molar-refractivity contribution is -0.132. The molecule has 0 unspecified atom stereocenters. The van der Waals surface area contributed by atoms with Gasteiger partial charge in [0.2, 0.25) is 0 Å². The van der Waals surface area contributed by atoms with E-state index in [1.165, 1.54) is 11.8 Å². The Bertz CT molecular complexity index is 1580. The molecule has 1 aromatic heterocycles. The number of thiazole rings is 1. The lowest BCUT2D eigenvalue weighted by atomic mass is 9.95. The van der Waals surface area contributed by atoms with Crippen molar-refractivity contribution in [2.45, 2.75) is 46.6 Å². The van der Waals surface area contributed by atoms with Gasteiger partial charge in [0.15, 0.2) is 33.9 Å². The molecule has 3 heterocycles. The Morgan fingerprint density at radius 2 is 1.83 bits per heavy atom. The average Bonchev–Trinajstić information content (AvgIpc) is 3.49. The van der Waals surface area contributed by atoms with E-state index in [0.717, 1.165) is 24.2 Å². The minimum absolute atomic E-state index is 0.129. The molecule has 2 aromatic carbocycles. The summed E-state index contributed by atoms with van der Waals surface area (Å²) in [6.45, 7) is 8.62. The monoisotopic (exact) mass is 592 g/mol. The SMILES string of the molecule is CCCCOc1ccc([C@@H]2/C(=C(\O)c3ccc4c(c3)OCCO4)C(=O)C(=O)N2c2nc(C)c(C(C)=O)s2)cc1OCC. The zero-order valence-electron chi connectivity index (χ0n) is 23.9. The highest BCUT2D eigenvalue weighted by Crippen LogP contribution is 2.46. The largest absolute Gasteiger partial charge is 0.507 e. The van der Waals surface area contributed by atoms with Crippen molar-refractivity contribution in [2.24, 2.45) is 0 Å². The zero-order valence-corrected chi connectivity index (χ0v) is 24.7. The van der Waals surface area contributed by atoms with Gasteiger partial charge < -0.3 is 24.1 Å². The van der Waals surface area contributed by atoms with Crippen LogP contribution in [0.2, 0.25) is 0 Å². The molecule has 10 nitrogen and oxygen atoms in total. The van der Waals surface area contributed by atoms with E-state index in [0.29, 0.717) is 65.6 Å². The first-order valence-electron chi connectivity index (χ1n) is 13.8. The van der Waals surface area contributed by atoms with Gasteiger partial charge in [0, 0.05) is 12.5 Å². The van der Waals surface area contributed by atoms with E-state index in [9.17, 15) is 19.5 Å². The molecule has 1 amide bonds. The summed E-state index contributed by atoms with van der Waals surface area (Å²) in [5.41, 5.74) is 1.10. The lowest BCUT2D eigenvalue weighted by Gasteiger charge is -2.24. The average molecular weight is 593 g/mol. The molecule has 3 aromatic rings. The van der Waals surface area contributed by atoms with Crippen molar-refractivity contribution in [2.75, 3.05) is 31.3 Å². The van der Waals surface area contributed by atoms with Gasteiger partial charge in [-0.25, -0.2) is 4.98 Å². The number of carbonyl (C=O) groups excluding carboxylic acids is 3. The maximum Gasteiger partial charge on any atom is 0.301 e. The third-order valence-electron chi connectivity index (χ3n) is 6.91. The molecule has 220 valence electrons. The third kappa shape index (κ3) is 5.44. The number of aliphatic hydroxyl groups excluding tert-OH is 1. The van der Waals surface area contributed by atoms with E-state index in [1.807, 2.05) is 6.92 Å². The number of unbranched alkanes of at least 4 members (excludes halogenated alkanes) is 1. The Labute approximate surface area is 247 Å². The van der Waals surface area contributed by atoms with E-state index in [-0.39, 0.29) is 27.8 Å². The standard InChI is InChI=1S/C31H32N2O8S/c1-5-7-12-39-21-10-8-19(15-23(21)38-6-2)26-25(27(35)20-9-11-22-24(16-20)41-14-13-40-22)28(36)30(37)33(26)31-32-17(3)29(42-31)18(4)34/h8-11,15-16,26,35H,5-7,12-14H2,1-4H3/b27-25+/t26-/m1/s1. The first-order valence-corrected chi connectivity index (χ1v) is 14.7. The predicted octanol–water partition coefficient (Wildman–Crippen LogP) is 5.63. The van der Waals surface area contributed by atoms with Gasteiger partial charge in [-0.05, 0) is 56.2 Å². The van der Waals surface area contributed by atoms with Gasteiger partial charge in [-0.15, -0.1) is 0 Å². The fourth-order valence-corrected chi connectivity index (χ4v) is 5.90. The van der Waals surface area contributed by atoms with Gasteiger partial charge >= 0.3 is 5.91 Å². The van der Waals surface area contributed by atoms with Crippen LogP contribution >= 0.6 is 11.3 Å². The van der Waals surface area contributed by atoms with Crippen LogP contribution in [0, 0.1) is 6.92 Å². The quantitative estimate of drug-likeness (QED) is 0.105. The number of carbonyl (C=O) groups is 3. The van der Waals surface area contributed by atoms with Crippen molar-refractivity contribution in [3.63, 3.8) is 0 Å². The Morgan fingerprint density at radius 3 is 2.52 bits per heavy atom. The van der Waals surface area contributed by atoms with Crippen molar-refractivity contribution in [3.8, 4) is 23.0 Å². The Hall–Kier alpha value is -4.38. The van der Waals surface area contributed by atoms with Crippen molar-refractivity contribution in [1.29, 1.82) is 0 Å². The topological polar surface area (TPSA) is 124 Å². The molecule has 0 bridgehead atoms. The number of nitrogens with zero attached hydrogens (tertiary/aromatic N) is 2. The molecule has 0 aliphatic carbocycles. The van der Waals surface area contributed by atoms with Crippen LogP contribution in [0.5, 0.6) is 23.0 Å². The number of amides is 1. The fraction of sp³-hybridized carbons (Fsp3) is 0.355. The Kier molecular flexibility index (Phi) is 8.49. The molecule has 0 radical (unpaired) electrons. The van der Waals surface area contributed by atoms with Gasteiger partial charge in [0.1, 0.15) is 19.0 Å². The summed E-state index contributed by atoms with van der Waals surface area (Å²) in [5.74, 6) is -0.422. The molecule has 2 aliphatic rings. The highest BCUT2D eigenvalue weighted by atomic mass is 32.1. The van der Waals surface area contributed by atoms with Crippen LogP contribution in [0.25, 0.3) is 5.76 Å². The summed E-state index contributed by atoms with van der Waals surface area (Å²) in [7, 11) is 0. The second kappa shape index (κ2) is 12.2. The van der Waals surface area contributed by atoms with Gasteiger partial charge in [-0.2, -0.15) is 0 Å². The fourth-order valence-electron chi connectivity index (χ4n) is 4.91. The maximum absolute atomic E-state index is 13.6. The van der Waals surface area contributed by atoms with Crippen LogP contribution in [0.15, 0.2) is 42.0 Å². The molecular formula is C31H32N2O8S. The smallest absolute Gasteiger partial charge is 0.301 e. The van der Waals surface area contributed by atoms with Gasteiger partial charge in [-0.3, -0.25) is 19.3 Å². The number of aliphatic hydroxyl groups is 1. The third-order valence-corrected chi connectivity index (χ3v) is 8.17. The van der Waals surface area contributed by atoms with Crippen molar-refractivity contribution < 1.29 is 38.4 Å². The van der Waals surface area contributed by atoms with E-state index in [4.69, 9.17) is 18.9 Å². The number of hydrogen-bond donors (Lipinski definition) is 1. The number of aryl methyl sites for hydroxylation is 1. The molecule has 0 saturated carbocycles. The van der Waals surface area contributed by atoms with Crippen molar-refractivity contribution >= 4 is 39.7 Å². The van der Waals surface area contributed by atoms with Crippen molar-refractivity contribution in [3.05, 3.63) is 63.7 Å². The van der Waals surface area contributed by atoms with E-state index >= 15 is 0 Å². The predicted molar refractivity (Wildman–Crippen MR) is 157 cm³/mol.